The van der Waals surface area contributed by atoms with E-state index >= 15 is 0 Å². The molecule has 0 radical (unpaired) electrons. The van der Waals surface area contributed by atoms with Gasteiger partial charge in [0.1, 0.15) is 0 Å². The highest BCUT2D eigenvalue weighted by Crippen LogP contribution is 2.32. The molecule has 0 atom stereocenters. The summed E-state index contributed by atoms with van der Waals surface area (Å²) in [5, 5.41) is 2.99. The molecule has 37 heavy (non-hydrogen) atoms. The first-order valence-electron chi connectivity index (χ1n) is 12.0. The number of nitrogens with one attached hydrogen (secondary N) is 1. The van der Waals surface area contributed by atoms with Crippen molar-refractivity contribution >= 4 is 29.2 Å². The Labute approximate surface area is 214 Å². The second-order valence-electron chi connectivity index (χ2n) is 8.71. The van der Waals surface area contributed by atoms with Crippen molar-refractivity contribution in [1.29, 1.82) is 0 Å². The highest BCUT2D eigenvalue weighted by atomic mass is 16.5. The molecule has 0 spiro atoms. The van der Waals surface area contributed by atoms with Crippen molar-refractivity contribution in [2.24, 2.45) is 0 Å². The van der Waals surface area contributed by atoms with E-state index in [0.29, 0.717) is 23.4 Å². The van der Waals surface area contributed by atoms with Crippen LogP contribution in [0.3, 0.4) is 0 Å². The molecule has 2 amide bonds. The molecule has 0 aliphatic carbocycles. The summed E-state index contributed by atoms with van der Waals surface area (Å²) in [6, 6.07) is 25.4. The quantitative estimate of drug-likeness (QED) is 0.387. The van der Waals surface area contributed by atoms with E-state index in [0.717, 1.165) is 34.5 Å². The second-order valence-corrected chi connectivity index (χ2v) is 8.71. The molecule has 4 aromatic rings. The maximum Gasteiger partial charge on any atom is 0.337 e. The van der Waals surface area contributed by atoms with Gasteiger partial charge in [0.05, 0.1) is 19.1 Å². The Morgan fingerprint density at radius 1 is 0.946 bits per heavy atom. The number of hydrogen-bond donors (Lipinski definition) is 1. The van der Waals surface area contributed by atoms with Gasteiger partial charge in [-0.2, -0.15) is 0 Å². The first-order chi connectivity index (χ1) is 18.0. The number of carbonyl (C=O) groups excluding carboxylic acids is 3. The second kappa shape index (κ2) is 10.5. The van der Waals surface area contributed by atoms with E-state index in [9.17, 15) is 14.4 Å². The van der Waals surface area contributed by atoms with Crippen LogP contribution in [0.1, 0.15) is 32.0 Å². The Morgan fingerprint density at radius 2 is 1.73 bits per heavy atom. The van der Waals surface area contributed by atoms with Crippen molar-refractivity contribution in [3.8, 4) is 11.1 Å². The summed E-state index contributed by atoms with van der Waals surface area (Å²) in [5.74, 6) is -0.652. The normalized spacial score (nSPS) is 12.1. The van der Waals surface area contributed by atoms with Gasteiger partial charge in [-0.25, -0.2) is 4.79 Å². The maximum absolute atomic E-state index is 13.2. The highest BCUT2D eigenvalue weighted by molar-refractivity contribution is 6.09. The average molecular weight is 492 g/mol. The maximum atomic E-state index is 13.2. The molecule has 0 bridgehead atoms. The molecule has 3 aromatic carbocycles. The molecule has 7 nitrogen and oxygen atoms in total. The van der Waals surface area contributed by atoms with Gasteiger partial charge in [-0.05, 0) is 71.6 Å². The van der Waals surface area contributed by atoms with Gasteiger partial charge in [0.25, 0.3) is 5.91 Å². The van der Waals surface area contributed by atoms with Crippen molar-refractivity contribution in [2.75, 3.05) is 23.9 Å². The van der Waals surface area contributed by atoms with E-state index in [1.807, 2.05) is 54.6 Å². The number of ether oxygens (including phenoxy) is 1. The van der Waals surface area contributed by atoms with Gasteiger partial charge in [0, 0.05) is 35.4 Å². The van der Waals surface area contributed by atoms with Crippen molar-refractivity contribution < 1.29 is 19.1 Å². The first-order valence-corrected chi connectivity index (χ1v) is 12.0. The molecule has 1 N–H and O–H groups in total. The Kier molecular flexibility index (Phi) is 6.76. The third kappa shape index (κ3) is 5.11. The van der Waals surface area contributed by atoms with Gasteiger partial charge >= 0.3 is 5.97 Å². The number of pyridine rings is 1. The van der Waals surface area contributed by atoms with E-state index in [2.05, 4.69) is 10.3 Å². The standard InChI is InChI=1S/C30H25N3O4/c1-37-30(36)21-11-9-20(10-12-21)25-7-2-3-8-26(25)29(35)32-24-13-14-27-22(18-24)15-17-33(27)28(34)19-23-6-4-5-16-31-23/h2-14,16,18H,15,17,19H2,1H3,(H,32,35). The summed E-state index contributed by atoms with van der Waals surface area (Å²) in [5.41, 5.74) is 5.81. The summed E-state index contributed by atoms with van der Waals surface area (Å²) in [6.07, 6.45) is 2.65. The lowest BCUT2D eigenvalue weighted by molar-refractivity contribution is -0.117. The van der Waals surface area contributed by atoms with Crippen LogP contribution in [0.4, 0.5) is 11.4 Å². The summed E-state index contributed by atoms with van der Waals surface area (Å²) in [6.45, 7) is 0.600. The molecule has 5 rings (SSSR count). The fourth-order valence-electron chi connectivity index (χ4n) is 4.53. The number of fused-ring (bicyclic) bond motifs is 1. The van der Waals surface area contributed by atoms with Crippen LogP contribution in [0.2, 0.25) is 0 Å². The van der Waals surface area contributed by atoms with Gasteiger partial charge in [-0.15, -0.1) is 0 Å². The van der Waals surface area contributed by atoms with Crippen LogP contribution in [-0.2, 0) is 22.4 Å². The summed E-state index contributed by atoms with van der Waals surface area (Å²) >= 11 is 0. The van der Waals surface area contributed by atoms with E-state index in [1.165, 1.54) is 7.11 Å². The smallest absolute Gasteiger partial charge is 0.337 e. The lowest BCUT2D eigenvalue weighted by atomic mass is 9.98. The fraction of sp³-hybridized carbons (Fsp3) is 0.133. The number of rotatable bonds is 6. The van der Waals surface area contributed by atoms with E-state index in [1.54, 1.807) is 41.4 Å². The summed E-state index contributed by atoms with van der Waals surface area (Å²) < 4.78 is 4.76. The summed E-state index contributed by atoms with van der Waals surface area (Å²) in [4.78, 5) is 43.9. The molecule has 0 unspecified atom stereocenters. The lowest BCUT2D eigenvalue weighted by Gasteiger charge is -2.17. The Bertz CT molecular complexity index is 1470. The van der Waals surface area contributed by atoms with E-state index in [4.69, 9.17) is 4.74 Å². The molecule has 1 aromatic heterocycles. The number of benzene rings is 3. The number of amides is 2. The average Bonchev–Trinajstić information content (AvgIpc) is 3.37. The molecule has 7 heteroatoms. The molecule has 0 fully saturated rings. The van der Waals surface area contributed by atoms with Crippen LogP contribution >= 0.6 is 0 Å². The van der Waals surface area contributed by atoms with Crippen LogP contribution < -0.4 is 10.2 Å². The molecule has 0 saturated heterocycles. The Morgan fingerprint density at radius 3 is 2.49 bits per heavy atom. The molecule has 1 aliphatic heterocycles. The van der Waals surface area contributed by atoms with Gasteiger partial charge in [-0.1, -0.05) is 36.4 Å². The van der Waals surface area contributed by atoms with Crippen LogP contribution in [-0.4, -0.2) is 36.4 Å². The third-order valence-electron chi connectivity index (χ3n) is 6.38. The van der Waals surface area contributed by atoms with Gasteiger partial charge in [0.15, 0.2) is 0 Å². The number of carbonyl (C=O) groups is 3. The van der Waals surface area contributed by atoms with Crippen molar-refractivity contribution in [2.45, 2.75) is 12.8 Å². The molecular weight excluding hydrogens is 466 g/mol. The monoisotopic (exact) mass is 491 g/mol. The zero-order chi connectivity index (χ0) is 25.8. The van der Waals surface area contributed by atoms with Crippen LogP contribution in [0, 0.1) is 0 Å². The number of anilines is 2. The minimum Gasteiger partial charge on any atom is -0.465 e. The molecular formula is C30H25N3O4. The summed E-state index contributed by atoms with van der Waals surface area (Å²) in [7, 11) is 1.34. The molecule has 2 heterocycles. The predicted octanol–water partition coefficient (Wildman–Crippen LogP) is 4.92. The first kappa shape index (κ1) is 23.9. The minimum absolute atomic E-state index is 0.00128. The minimum atomic E-state index is -0.411. The highest BCUT2D eigenvalue weighted by Gasteiger charge is 2.25. The van der Waals surface area contributed by atoms with Crippen LogP contribution in [0.5, 0.6) is 0 Å². The van der Waals surface area contributed by atoms with Gasteiger partial charge < -0.3 is 15.0 Å². The van der Waals surface area contributed by atoms with E-state index in [-0.39, 0.29) is 18.2 Å². The van der Waals surface area contributed by atoms with E-state index < -0.39 is 5.97 Å². The lowest BCUT2D eigenvalue weighted by Crippen LogP contribution is -2.30. The van der Waals surface area contributed by atoms with Crippen LogP contribution in [0.15, 0.2) is 91.1 Å². The number of hydrogen-bond acceptors (Lipinski definition) is 5. The largest absolute Gasteiger partial charge is 0.465 e. The molecule has 1 aliphatic rings. The fourth-order valence-corrected chi connectivity index (χ4v) is 4.53. The van der Waals surface area contributed by atoms with Gasteiger partial charge in [0.2, 0.25) is 5.91 Å². The molecule has 184 valence electrons. The van der Waals surface area contributed by atoms with Crippen molar-refractivity contribution in [1.82, 2.24) is 4.98 Å². The Hall–Kier alpha value is -4.78. The number of aromatic nitrogens is 1. The van der Waals surface area contributed by atoms with Crippen molar-refractivity contribution in [3.63, 3.8) is 0 Å². The zero-order valence-electron chi connectivity index (χ0n) is 20.3. The number of methoxy groups -OCH3 is 1. The van der Waals surface area contributed by atoms with Crippen LogP contribution in [0.25, 0.3) is 11.1 Å². The van der Waals surface area contributed by atoms with Crippen molar-refractivity contribution in [3.05, 3.63) is 114 Å². The topological polar surface area (TPSA) is 88.6 Å². The molecule has 0 saturated carbocycles. The SMILES string of the molecule is COC(=O)c1ccc(-c2ccccc2C(=O)Nc2ccc3c(c2)CCN3C(=O)Cc2ccccn2)cc1. The number of nitrogens with zero attached hydrogens (tertiary/aromatic N) is 2. The number of esters is 1. The van der Waals surface area contributed by atoms with Gasteiger partial charge in [-0.3, -0.25) is 14.6 Å². The predicted molar refractivity (Wildman–Crippen MR) is 142 cm³/mol. The Balaban J connectivity index is 1.32. The zero-order valence-corrected chi connectivity index (χ0v) is 20.3. The third-order valence-corrected chi connectivity index (χ3v) is 6.38.